The van der Waals surface area contributed by atoms with Crippen molar-refractivity contribution in [3.63, 3.8) is 0 Å². The maximum Gasteiger partial charge on any atom is 0.171 e. The maximum atomic E-state index is 14.7. The molecule has 7 nitrogen and oxygen atoms in total. The summed E-state index contributed by atoms with van der Waals surface area (Å²) in [5, 5.41) is 12.1. The van der Waals surface area contributed by atoms with Crippen LogP contribution in [-0.4, -0.2) is 32.8 Å². The van der Waals surface area contributed by atoms with E-state index in [1.54, 1.807) is 35.1 Å². The van der Waals surface area contributed by atoms with E-state index in [1.165, 1.54) is 6.07 Å². The Bertz CT molecular complexity index is 1310. The van der Waals surface area contributed by atoms with Gasteiger partial charge in [-0.1, -0.05) is 11.6 Å². The molecule has 9 heteroatoms. The minimum atomic E-state index is -0.267. The summed E-state index contributed by atoms with van der Waals surface area (Å²) in [6.07, 6.45) is 3.26. The first-order valence-electron chi connectivity index (χ1n) is 9.49. The van der Waals surface area contributed by atoms with Crippen LogP contribution in [0.1, 0.15) is 17.0 Å². The molecule has 1 atom stereocenters. The summed E-state index contributed by atoms with van der Waals surface area (Å²) >= 11 is 6.39. The van der Waals surface area contributed by atoms with Gasteiger partial charge in [-0.05, 0) is 30.3 Å². The second kappa shape index (κ2) is 6.56. The monoisotopic (exact) mass is 423 g/mol. The molecular formula is C21H15ClFN5O2. The summed E-state index contributed by atoms with van der Waals surface area (Å²) in [5.74, 6) is 1.61. The molecule has 0 unspecified atom stereocenters. The zero-order valence-corrected chi connectivity index (χ0v) is 16.4. The lowest BCUT2D eigenvalue weighted by atomic mass is 9.96. The predicted molar refractivity (Wildman–Crippen MR) is 109 cm³/mol. The Balaban J connectivity index is 1.54. The number of ether oxygens (including phenoxy) is 2. The van der Waals surface area contributed by atoms with Crippen molar-refractivity contribution >= 4 is 23.1 Å². The quantitative estimate of drug-likeness (QED) is 0.497. The molecule has 1 N–H and O–H groups in total. The number of nitrogens with zero attached hydrogens (tertiary/aromatic N) is 4. The van der Waals surface area contributed by atoms with Gasteiger partial charge in [0.2, 0.25) is 0 Å². The molecule has 0 bridgehead atoms. The van der Waals surface area contributed by atoms with Gasteiger partial charge in [0.05, 0.1) is 35.4 Å². The van der Waals surface area contributed by atoms with Crippen molar-refractivity contribution in [2.45, 2.75) is 12.5 Å². The van der Waals surface area contributed by atoms with Gasteiger partial charge in [-0.15, -0.1) is 10.2 Å². The minimum absolute atomic E-state index is 0.0584. The number of nitrogens with one attached hydrogen (secondary N) is 1. The molecule has 30 heavy (non-hydrogen) atoms. The molecule has 150 valence electrons. The average molecular weight is 424 g/mol. The van der Waals surface area contributed by atoms with Gasteiger partial charge in [0.15, 0.2) is 17.2 Å². The molecular weight excluding hydrogens is 409 g/mol. The average Bonchev–Trinajstić information content (AvgIpc) is 3.40. The Hall–Kier alpha value is -3.39. The first-order chi connectivity index (χ1) is 14.7. The van der Waals surface area contributed by atoms with Crippen LogP contribution in [0.4, 0.5) is 10.2 Å². The molecule has 1 aromatic carbocycles. The second-order valence-corrected chi connectivity index (χ2v) is 7.65. The highest BCUT2D eigenvalue weighted by Gasteiger charge is 2.31. The van der Waals surface area contributed by atoms with Gasteiger partial charge in [0.25, 0.3) is 0 Å². The molecule has 5 heterocycles. The third-order valence-electron chi connectivity index (χ3n) is 5.53. The maximum absolute atomic E-state index is 14.7. The molecule has 0 saturated carbocycles. The number of hydrogen-bond acceptors (Lipinski definition) is 6. The summed E-state index contributed by atoms with van der Waals surface area (Å²) in [6, 6.07) is 8.51. The van der Waals surface area contributed by atoms with E-state index in [4.69, 9.17) is 21.1 Å². The van der Waals surface area contributed by atoms with Crippen LogP contribution in [0, 0.1) is 5.82 Å². The fraction of sp³-hybridized carbons (Fsp3) is 0.190. The topological polar surface area (TPSA) is 73.6 Å². The van der Waals surface area contributed by atoms with Crippen LogP contribution in [-0.2, 0) is 6.54 Å². The van der Waals surface area contributed by atoms with Crippen LogP contribution >= 0.6 is 11.6 Å². The van der Waals surface area contributed by atoms with Crippen molar-refractivity contribution in [2.75, 3.05) is 18.5 Å². The SMILES string of the molecule is Fc1ccc2c3c1CNc1c(cc(-c4ncccc4Cl)c4nncn14)OC[C@H]3CO2. The van der Waals surface area contributed by atoms with Gasteiger partial charge in [-0.25, -0.2) is 4.39 Å². The van der Waals surface area contributed by atoms with Crippen LogP contribution in [0.2, 0.25) is 5.02 Å². The number of aromatic nitrogens is 4. The van der Waals surface area contributed by atoms with E-state index in [9.17, 15) is 4.39 Å². The fourth-order valence-corrected chi connectivity index (χ4v) is 4.37. The normalized spacial score (nSPS) is 17.1. The van der Waals surface area contributed by atoms with Crippen LogP contribution in [0.3, 0.4) is 0 Å². The lowest BCUT2D eigenvalue weighted by Gasteiger charge is -2.16. The molecule has 0 aliphatic carbocycles. The number of benzene rings is 1. The lowest BCUT2D eigenvalue weighted by Crippen LogP contribution is -2.13. The van der Waals surface area contributed by atoms with E-state index in [0.717, 1.165) is 5.56 Å². The molecule has 3 aromatic heterocycles. The van der Waals surface area contributed by atoms with Crippen molar-refractivity contribution < 1.29 is 13.9 Å². The van der Waals surface area contributed by atoms with E-state index in [-0.39, 0.29) is 18.3 Å². The third kappa shape index (κ3) is 2.53. The van der Waals surface area contributed by atoms with Crippen molar-refractivity contribution in [3.8, 4) is 22.8 Å². The van der Waals surface area contributed by atoms with Crippen molar-refractivity contribution in [1.82, 2.24) is 19.6 Å². The van der Waals surface area contributed by atoms with E-state index >= 15 is 0 Å². The van der Waals surface area contributed by atoms with Crippen molar-refractivity contribution in [3.05, 3.63) is 64.8 Å². The molecule has 2 aliphatic rings. The number of hydrogen-bond donors (Lipinski definition) is 1. The van der Waals surface area contributed by atoms with Gasteiger partial charge in [0.1, 0.15) is 17.9 Å². The number of rotatable bonds is 1. The number of anilines is 1. The highest BCUT2D eigenvalue weighted by Crippen LogP contribution is 2.42. The Kier molecular flexibility index (Phi) is 3.82. The third-order valence-corrected chi connectivity index (χ3v) is 5.84. The molecule has 0 amide bonds. The Morgan fingerprint density at radius 2 is 2.03 bits per heavy atom. The largest absolute Gasteiger partial charge is 0.493 e. The van der Waals surface area contributed by atoms with Gasteiger partial charge >= 0.3 is 0 Å². The zero-order chi connectivity index (χ0) is 20.2. The van der Waals surface area contributed by atoms with Gasteiger partial charge in [-0.2, -0.15) is 0 Å². The molecule has 2 aliphatic heterocycles. The van der Waals surface area contributed by atoms with Crippen molar-refractivity contribution in [2.24, 2.45) is 0 Å². The fourth-order valence-electron chi connectivity index (χ4n) is 4.14. The number of halogens is 2. The lowest BCUT2D eigenvalue weighted by molar-refractivity contribution is 0.249. The Morgan fingerprint density at radius 1 is 1.17 bits per heavy atom. The van der Waals surface area contributed by atoms with Crippen LogP contribution in [0.15, 0.2) is 42.9 Å². The van der Waals surface area contributed by atoms with Crippen LogP contribution in [0.25, 0.3) is 16.9 Å². The summed E-state index contributed by atoms with van der Waals surface area (Å²) < 4.78 is 28.4. The van der Waals surface area contributed by atoms with Gasteiger partial charge in [-0.3, -0.25) is 9.38 Å². The minimum Gasteiger partial charge on any atom is -0.493 e. The van der Waals surface area contributed by atoms with Crippen LogP contribution in [0.5, 0.6) is 11.5 Å². The van der Waals surface area contributed by atoms with Gasteiger partial charge < -0.3 is 14.8 Å². The Labute approximate surface area is 175 Å². The molecule has 4 aromatic rings. The second-order valence-electron chi connectivity index (χ2n) is 7.24. The number of pyridine rings is 2. The van der Waals surface area contributed by atoms with Gasteiger partial charge in [0, 0.05) is 23.9 Å². The first kappa shape index (κ1) is 17.5. The highest BCUT2D eigenvalue weighted by molar-refractivity contribution is 6.33. The molecule has 0 spiro atoms. The molecule has 0 saturated heterocycles. The van der Waals surface area contributed by atoms with E-state index in [0.29, 0.717) is 58.0 Å². The molecule has 0 fully saturated rings. The van der Waals surface area contributed by atoms with Crippen LogP contribution < -0.4 is 14.8 Å². The van der Waals surface area contributed by atoms with E-state index in [2.05, 4.69) is 20.5 Å². The summed E-state index contributed by atoms with van der Waals surface area (Å²) in [5.41, 5.74) is 3.31. The first-order valence-corrected chi connectivity index (χ1v) is 9.87. The summed E-state index contributed by atoms with van der Waals surface area (Å²) in [4.78, 5) is 4.41. The predicted octanol–water partition coefficient (Wildman–Crippen LogP) is 4.06. The molecule has 6 rings (SSSR count). The highest BCUT2D eigenvalue weighted by atomic mass is 35.5. The summed E-state index contributed by atoms with van der Waals surface area (Å²) in [7, 11) is 0. The van der Waals surface area contributed by atoms with E-state index < -0.39 is 0 Å². The Morgan fingerprint density at radius 3 is 2.90 bits per heavy atom. The standard InChI is InChI=1S/C21H15ClFN5O2/c22-14-2-1-5-24-19(14)12-6-17-21(28-10-26-27-20(12)28)25-7-13-15(23)3-4-16-18(13)11(8-29-16)9-30-17/h1-6,10-11,25H,7-9H2/t11-/m1/s1. The van der Waals surface area contributed by atoms with Crippen molar-refractivity contribution in [1.29, 1.82) is 0 Å². The summed E-state index contributed by atoms with van der Waals surface area (Å²) in [6.45, 7) is 1.08. The number of fused-ring (bicyclic) bond motifs is 3. The molecule has 0 radical (unpaired) electrons. The smallest absolute Gasteiger partial charge is 0.171 e. The van der Waals surface area contributed by atoms with E-state index in [1.807, 2.05) is 6.07 Å². The zero-order valence-electron chi connectivity index (χ0n) is 15.6.